The van der Waals surface area contributed by atoms with Crippen molar-refractivity contribution >= 4 is 11.7 Å². The maximum Gasteiger partial charge on any atom is 0.323 e. The molecule has 0 saturated carbocycles. The Morgan fingerprint density at radius 2 is 2.21 bits per heavy atom. The Morgan fingerprint density at radius 1 is 1.50 bits per heavy atom. The first kappa shape index (κ1) is 8.57. The van der Waals surface area contributed by atoms with Gasteiger partial charge in [-0.3, -0.25) is 0 Å². The highest BCUT2D eigenvalue weighted by atomic mass is 16.2. The van der Waals surface area contributed by atoms with Gasteiger partial charge in [0, 0.05) is 5.69 Å². The molecule has 1 fully saturated rings. The second-order valence-electron chi connectivity index (χ2n) is 3.09. The first-order chi connectivity index (χ1) is 6.81. The number of hydrogen-bond acceptors (Lipinski definition) is 2. The van der Waals surface area contributed by atoms with Crippen LogP contribution >= 0.6 is 0 Å². The summed E-state index contributed by atoms with van der Waals surface area (Å²) in [5.41, 5.74) is 0.751. The van der Waals surface area contributed by atoms with Crippen molar-refractivity contribution in [3.63, 3.8) is 0 Å². The van der Waals surface area contributed by atoms with E-state index in [4.69, 9.17) is 5.26 Å². The smallest absolute Gasteiger partial charge is 0.308 e. The summed E-state index contributed by atoms with van der Waals surface area (Å²) < 4.78 is 0. The van der Waals surface area contributed by atoms with Gasteiger partial charge < -0.3 is 10.2 Å². The number of rotatable bonds is 1. The van der Waals surface area contributed by atoms with Crippen LogP contribution in [0.25, 0.3) is 0 Å². The van der Waals surface area contributed by atoms with Gasteiger partial charge in [0.1, 0.15) is 6.04 Å². The highest BCUT2D eigenvalue weighted by Gasteiger charge is 2.38. The predicted octanol–water partition coefficient (Wildman–Crippen LogP) is 1.43. The summed E-state index contributed by atoms with van der Waals surface area (Å²) in [5, 5.41) is 11.2. The number of para-hydroxylation sites is 1. The number of nitriles is 1. The third-order valence-electron chi connectivity index (χ3n) is 2.05. The predicted molar refractivity (Wildman–Crippen MR) is 51.6 cm³/mol. The lowest BCUT2D eigenvalue weighted by Crippen LogP contribution is -2.20. The van der Waals surface area contributed by atoms with E-state index in [1.165, 1.54) is 4.90 Å². The molecule has 1 aliphatic heterocycles. The van der Waals surface area contributed by atoms with Crippen LogP contribution in [0.2, 0.25) is 0 Å². The zero-order valence-corrected chi connectivity index (χ0v) is 7.47. The first-order valence-corrected chi connectivity index (χ1v) is 4.33. The number of benzene rings is 1. The highest BCUT2D eigenvalue weighted by molar-refractivity contribution is 5.91. The fraction of sp³-hybridized carbons (Fsp3) is 0.200. The van der Waals surface area contributed by atoms with Gasteiger partial charge in [-0.25, -0.2) is 4.79 Å². The van der Waals surface area contributed by atoms with E-state index in [-0.39, 0.29) is 12.1 Å². The van der Waals surface area contributed by atoms with Gasteiger partial charge in [-0.2, -0.15) is 5.26 Å². The molecule has 1 atom stereocenters. The number of urea groups is 1. The first-order valence-electron chi connectivity index (χ1n) is 4.33. The van der Waals surface area contributed by atoms with Gasteiger partial charge in [0.05, 0.1) is 12.6 Å². The maximum atomic E-state index is 11.4. The Morgan fingerprint density at radius 3 is 2.79 bits per heavy atom. The summed E-state index contributed by atoms with van der Waals surface area (Å²) >= 11 is 0. The molecule has 70 valence electrons. The second-order valence-corrected chi connectivity index (χ2v) is 3.09. The van der Waals surface area contributed by atoms with Crippen LogP contribution < -0.4 is 5.32 Å². The van der Waals surface area contributed by atoms with Gasteiger partial charge in [-0.15, -0.1) is 0 Å². The average molecular weight is 187 g/mol. The highest BCUT2D eigenvalue weighted by Crippen LogP contribution is 2.18. The summed E-state index contributed by atoms with van der Waals surface area (Å²) in [6.07, 6.45) is 0. The number of carbonyl (C=O) groups is 1. The largest absolute Gasteiger partial charge is 0.323 e. The molecule has 1 aliphatic rings. The van der Waals surface area contributed by atoms with Crippen molar-refractivity contribution in [2.75, 3.05) is 11.9 Å². The van der Waals surface area contributed by atoms with E-state index in [0.717, 1.165) is 5.69 Å². The third kappa shape index (κ3) is 1.67. The van der Waals surface area contributed by atoms with Crippen LogP contribution in [0.4, 0.5) is 10.5 Å². The number of amides is 2. The van der Waals surface area contributed by atoms with Crippen LogP contribution in [0, 0.1) is 11.3 Å². The lowest BCUT2D eigenvalue weighted by molar-refractivity contribution is 0.241. The second kappa shape index (κ2) is 3.38. The topological polar surface area (TPSA) is 55.9 Å². The molecule has 0 aromatic heterocycles. The van der Waals surface area contributed by atoms with Crippen molar-refractivity contribution in [3.8, 4) is 6.07 Å². The molecule has 2 rings (SSSR count). The van der Waals surface area contributed by atoms with Crippen LogP contribution in [-0.2, 0) is 0 Å². The molecule has 1 aromatic rings. The molecule has 4 nitrogen and oxygen atoms in total. The number of anilines is 1. The summed E-state index contributed by atoms with van der Waals surface area (Å²) in [7, 11) is 0. The number of hydrogen-bond donors (Lipinski definition) is 1. The standard InChI is InChI=1S/C10H9N3O/c11-6-9-7-13(9)10(14)12-8-4-2-1-3-5-8/h1-5,9H,7H2,(H,12,14)/t9-,13?/m1/s1. The molecule has 0 spiro atoms. The van der Waals surface area contributed by atoms with E-state index >= 15 is 0 Å². The summed E-state index contributed by atoms with van der Waals surface area (Å²) in [6.45, 7) is 0.537. The molecule has 0 bridgehead atoms. The lowest BCUT2D eigenvalue weighted by atomic mass is 10.3. The van der Waals surface area contributed by atoms with E-state index in [1.807, 2.05) is 36.4 Å². The molecule has 1 saturated heterocycles. The SMILES string of the molecule is N#C[C@@H]1CN1C(=O)Nc1ccccc1. The van der Waals surface area contributed by atoms with Gasteiger partial charge in [0.25, 0.3) is 0 Å². The fourth-order valence-corrected chi connectivity index (χ4v) is 1.19. The molecule has 1 N–H and O–H groups in total. The Kier molecular flexibility index (Phi) is 2.07. The van der Waals surface area contributed by atoms with Gasteiger partial charge in [-0.1, -0.05) is 18.2 Å². The third-order valence-corrected chi connectivity index (χ3v) is 2.05. The van der Waals surface area contributed by atoms with E-state index < -0.39 is 0 Å². The van der Waals surface area contributed by atoms with Crippen molar-refractivity contribution in [1.82, 2.24) is 4.90 Å². The van der Waals surface area contributed by atoms with Gasteiger partial charge in [0.2, 0.25) is 0 Å². The van der Waals surface area contributed by atoms with E-state index in [9.17, 15) is 4.79 Å². The number of nitrogens with one attached hydrogen (secondary N) is 1. The van der Waals surface area contributed by atoms with E-state index in [0.29, 0.717) is 6.54 Å². The molecule has 0 aliphatic carbocycles. The zero-order chi connectivity index (χ0) is 9.97. The molecule has 4 heteroatoms. The quantitative estimate of drug-likeness (QED) is 0.676. The van der Waals surface area contributed by atoms with Crippen molar-refractivity contribution in [2.24, 2.45) is 0 Å². The minimum Gasteiger partial charge on any atom is -0.308 e. The van der Waals surface area contributed by atoms with E-state index in [1.54, 1.807) is 0 Å². The normalized spacial score (nSPS) is 18.5. The van der Waals surface area contributed by atoms with Gasteiger partial charge in [0.15, 0.2) is 0 Å². The molecule has 1 aromatic carbocycles. The number of nitrogens with zero attached hydrogens (tertiary/aromatic N) is 2. The van der Waals surface area contributed by atoms with Crippen molar-refractivity contribution < 1.29 is 4.79 Å². The molecule has 0 unspecified atom stereocenters. The Hall–Kier alpha value is -2.02. The maximum absolute atomic E-state index is 11.4. The summed E-state index contributed by atoms with van der Waals surface area (Å²) in [4.78, 5) is 12.9. The molecular formula is C10H9N3O. The summed E-state index contributed by atoms with van der Waals surface area (Å²) in [5.74, 6) is 0. The van der Waals surface area contributed by atoms with Crippen LogP contribution in [0.5, 0.6) is 0 Å². The van der Waals surface area contributed by atoms with Crippen LogP contribution in [0.15, 0.2) is 30.3 Å². The Balaban J connectivity index is 1.94. The Labute approximate surface area is 81.7 Å². The van der Waals surface area contributed by atoms with Gasteiger partial charge in [-0.05, 0) is 12.1 Å². The van der Waals surface area contributed by atoms with Crippen LogP contribution in [0.3, 0.4) is 0 Å². The molecule has 1 heterocycles. The van der Waals surface area contributed by atoms with Crippen LogP contribution in [-0.4, -0.2) is 23.5 Å². The summed E-state index contributed by atoms with van der Waals surface area (Å²) in [6, 6.07) is 10.8. The minimum absolute atomic E-state index is 0.206. The zero-order valence-electron chi connectivity index (χ0n) is 7.47. The van der Waals surface area contributed by atoms with Crippen molar-refractivity contribution in [1.29, 1.82) is 5.26 Å². The van der Waals surface area contributed by atoms with Gasteiger partial charge >= 0.3 is 6.03 Å². The lowest BCUT2D eigenvalue weighted by Gasteiger charge is -2.04. The molecule has 2 amide bonds. The molecular weight excluding hydrogens is 178 g/mol. The molecule has 14 heavy (non-hydrogen) atoms. The van der Waals surface area contributed by atoms with E-state index in [2.05, 4.69) is 5.32 Å². The Bertz CT molecular complexity index is 382. The monoisotopic (exact) mass is 187 g/mol. The van der Waals surface area contributed by atoms with Crippen molar-refractivity contribution in [3.05, 3.63) is 30.3 Å². The van der Waals surface area contributed by atoms with Crippen molar-refractivity contribution in [2.45, 2.75) is 6.04 Å². The fourth-order valence-electron chi connectivity index (χ4n) is 1.19. The average Bonchev–Trinajstić information content (AvgIpc) is 2.98. The molecule has 0 radical (unpaired) electrons. The number of carbonyl (C=O) groups excluding carboxylic acids is 1. The van der Waals surface area contributed by atoms with Crippen LogP contribution in [0.1, 0.15) is 0 Å². The minimum atomic E-state index is -0.237.